The summed E-state index contributed by atoms with van der Waals surface area (Å²) in [6.45, 7) is 5.96. The third-order valence-corrected chi connectivity index (χ3v) is 11.0. The first-order chi connectivity index (χ1) is 23.3. The van der Waals surface area contributed by atoms with Crippen molar-refractivity contribution >= 4 is 49.3 Å². The molecule has 3 fully saturated rings. The van der Waals surface area contributed by atoms with E-state index < -0.39 is 34.5 Å². The normalized spacial score (nSPS) is 22.7. The van der Waals surface area contributed by atoms with Gasteiger partial charge in [0.2, 0.25) is 5.91 Å². The van der Waals surface area contributed by atoms with E-state index in [-0.39, 0.29) is 74.9 Å². The third kappa shape index (κ3) is 5.72. The zero-order valence-corrected chi connectivity index (χ0v) is 27.6. The largest absolute Gasteiger partial charge is 0.461 e. The molecule has 16 heteroatoms. The van der Waals surface area contributed by atoms with Gasteiger partial charge in [-0.15, -0.1) is 0 Å². The Morgan fingerprint density at radius 3 is 2.73 bits per heavy atom. The summed E-state index contributed by atoms with van der Waals surface area (Å²) in [7, 11) is 3.30. The predicted octanol–water partition coefficient (Wildman–Crippen LogP) is 5.64. The van der Waals surface area contributed by atoms with Crippen LogP contribution in [0.25, 0.3) is 32.2 Å². The number of methoxy groups -OCH3 is 1. The summed E-state index contributed by atoms with van der Waals surface area (Å²) in [5.74, 6) is -2.30. The molecule has 10 nitrogen and oxygen atoms in total. The van der Waals surface area contributed by atoms with Crippen molar-refractivity contribution in [2.75, 3.05) is 57.6 Å². The highest BCUT2D eigenvalue weighted by molar-refractivity contribution is 7.22. The van der Waals surface area contributed by atoms with Gasteiger partial charge in [-0.25, -0.2) is 13.8 Å². The number of carbonyl (C=O) groups excluding carboxylic acids is 1. The van der Waals surface area contributed by atoms with E-state index in [4.69, 9.17) is 15.2 Å². The second-order valence-electron chi connectivity index (χ2n) is 12.8. The van der Waals surface area contributed by atoms with Gasteiger partial charge >= 0.3 is 12.2 Å². The molecule has 2 N–H and O–H groups in total. The fourth-order valence-electron chi connectivity index (χ4n) is 7.59. The van der Waals surface area contributed by atoms with Crippen molar-refractivity contribution in [3.05, 3.63) is 48.1 Å². The molecule has 7 rings (SSSR count). The molecule has 4 aromatic rings. The molecule has 0 spiro atoms. The maximum atomic E-state index is 16.9. The number of amides is 1. The molecular formula is C33H34F5N7O3S. The minimum absolute atomic E-state index is 0.0120. The summed E-state index contributed by atoms with van der Waals surface area (Å²) < 4.78 is 88.0. The highest BCUT2D eigenvalue weighted by atomic mass is 32.1. The maximum absolute atomic E-state index is 16.9. The molecule has 3 aliphatic heterocycles. The van der Waals surface area contributed by atoms with Crippen LogP contribution in [-0.2, 0) is 15.7 Å². The first-order valence-corrected chi connectivity index (χ1v) is 16.7. The number of nitrogens with zero attached hydrogens (tertiary/aromatic N) is 6. The topological polar surface area (TPSA) is 110 Å². The highest BCUT2D eigenvalue weighted by Crippen LogP contribution is 2.46. The standard InChI is InChI=1S/C33H34F5N7O3S/c1-4-23(46)44-11-8-17(14-44)43(2)29-20-12-21(33(36,37)38)24(19-6-7-22(34)28-27(19)40-30(39)49-28)25(35)26(20)41-31(42-29)48-16-32-9-5-10-45(32)15-18(13-32)47-3/h4,6-7,12,17-18H,1,5,8-11,13-16H2,2-3H3,(H2,39,40)/t17-,18-,32-/m1/s1. The Morgan fingerprint density at radius 2 is 2.00 bits per heavy atom. The number of halogens is 5. The van der Waals surface area contributed by atoms with E-state index in [0.29, 0.717) is 19.4 Å². The minimum atomic E-state index is -5.04. The monoisotopic (exact) mass is 703 g/mol. The maximum Gasteiger partial charge on any atom is 0.417 e. The number of ether oxygens (including phenoxy) is 2. The molecule has 5 heterocycles. The fraction of sp³-hybridized carbons (Fsp3) is 0.455. The van der Waals surface area contributed by atoms with Crippen LogP contribution in [0.5, 0.6) is 6.01 Å². The van der Waals surface area contributed by atoms with Crippen molar-refractivity contribution in [3.8, 4) is 17.1 Å². The fourth-order valence-corrected chi connectivity index (χ4v) is 8.35. The van der Waals surface area contributed by atoms with Crippen molar-refractivity contribution < 1.29 is 36.2 Å². The SMILES string of the molecule is C=CC(=O)N1CC[C@@H](N(C)c2nc(OC[C@]34CCCN3C[C@H](OC)C4)nc3c(F)c(-c4ccc(F)c5sc(N)nc45)c(C(F)(F)F)cc23)C1. The van der Waals surface area contributed by atoms with E-state index in [2.05, 4.69) is 26.4 Å². The lowest BCUT2D eigenvalue weighted by atomic mass is 9.94. The average Bonchev–Trinajstić information content (AvgIpc) is 3.86. The molecule has 3 saturated heterocycles. The van der Waals surface area contributed by atoms with Crippen LogP contribution in [0.2, 0.25) is 0 Å². The van der Waals surface area contributed by atoms with Crippen molar-refractivity contribution in [2.24, 2.45) is 0 Å². The van der Waals surface area contributed by atoms with Gasteiger partial charge in [0.1, 0.15) is 23.8 Å². The minimum Gasteiger partial charge on any atom is -0.461 e. The first kappa shape index (κ1) is 33.4. The van der Waals surface area contributed by atoms with Gasteiger partial charge in [0.05, 0.1) is 27.4 Å². The van der Waals surface area contributed by atoms with Crippen LogP contribution < -0.4 is 15.4 Å². The second kappa shape index (κ2) is 12.3. The molecule has 49 heavy (non-hydrogen) atoms. The van der Waals surface area contributed by atoms with Crippen LogP contribution in [0.1, 0.15) is 31.2 Å². The quantitative estimate of drug-likeness (QED) is 0.184. The molecule has 0 saturated carbocycles. The molecule has 0 radical (unpaired) electrons. The number of fused-ring (bicyclic) bond motifs is 3. The highest BCUT2D eigenvalue weighted by Gasteiger charge is 2.49. The van der Waals surface area contributed by atoms with Gasteiger partial charge in [-0.05, 0) is 56.5 Å². The van der Waals surface area contributed by atoms with E-state index in [0.717, 1.165) is 55.5 Å². The molecule has 0 unspecified atom stereocenters. The molecule has 2 aromatic heterocycles. The number of likely N-dealkylation sites (tertiary alicyclic amines) is 1. The van der Waals surface area contributed by atoms with E-state index in [9.17, 15) is 22.4 Å². The van der Waals surface area contributed by atoms with Crippen LogP contribution >= 0.6 is 11.3 Å². The number of benzene rings is 2. The summed E-state index contributed by atoms with van der Waals surface area (Å²) in [5, 5.41) is -0.282. The zero-order chi connectivity index (χ0) is 34.8. The molecule has 2 aromatic carbocycles. The number of nitrogens with two attached hydrogens (primary N) is 1. The number of carbonyl (C=O) groups is 1. The molecule has 3 atom stereocenters. The zero-order valence-electron chi connectivity index (χ0n) is 26.8. The van der Waals surface area contributed by atoms with Gasteiger partial charge in [0.25, 0.3) is 0 Å². The number of hydrogen-bond donors (Lipinski definition) is 1. The number of thiazole rings is 1. The van der Waals surface area contributed by atoms with Gasteiger partial charge in [0, 0.05) is 56.3 Å². The molecule has 3 aliphatic rings. The van der Waals surface area contributed by atoms with Crippen molar-refractivity contribution in [2.45, 2.75) is 49.5 Å². The van der Waals surface area contributed by atoms with E-state index in [1.165, 1.54) is 6.08 Å². The lowest BCUT2D eigenvalue weighted by Gasteiger charge is -2.31. The third-order valence-electron chi connectivity index (χ3n) is 10.1. The Morgan fingerprint density at radius 1 is 1.20 bits per heavy atom. The Bertz CT molecular complexity index is 1970. The molecular weight excluding hydrogens is 669 g/mol. The Balaban J connectivity index is 1.40. The van der Waals surface area contributed by atoms with Crippen LogP contribution in [0.3, 0.4) is 0 Å². The summed E-state index contributed by atoms with van der Waals surface area (Å²) >= 11 is 0.753. The Hall–Kier alpha value is -4.15. The van der Waals surface area contributed by atoms with Crippen molar-refractivity contribution in [1.29, 1.82) is 0 Å². The number of anilines is 2. The molecule has 0 bridgehead atoms. The molecule has 260 valence electrons. The summed E-state index contributed by atoms with van der Waals surface area (Å²) in [4.78, 5) is 30.9. The van der Waals surface area contributed by atoms with Crippen LogP contribution in [0.15, 0.2) is 30.9 Å². The lowest BCUT2D eigenvalue weighted by Crippen LogP contribution is -2.43. The van der Waals surface area contributed by atoms with Crippen molar-refractivity contribution in [1.82, 2.24) is 24.8 Å². The summed E-state index contributed by atoms with van der Waals surface area (Å²) in [5.41, 5.74) is 2.43. The number of nitrogen functional groups attached to an aromatic ring is 1. The smallest absolute Gasteiger partial charge is 0.417 e. The van der Waals surface area contributed by atoms with E-state index >= 15 is 4.39 Å². The summed E-state index contributed by atoms with van der Waals surface area (Å²) in [6.07, 6.45) is -0.827. The number of aromatic nitrogens is 3. The van der Waals surface area contributed by atoms with Gasteiger partial charge in [-0.3, -0.25) is 9.69 Å². The first-order valence-electron chi connectivity index (χ1n) is 15.8. The number of alkyl halides is 3. The van der Waals surface area contributed by atoms with Crippen LogP contribution in [0.4, 0.5) is 32.9 Å². The Kier molecular flexibility index (Phi) is 8.38. The second-order valence-corrected chi connectivity index (χ2v) is 13.9. The number of hydrogen-bond acceptors (Lipinski definition) is 10. The van der Waals surface area contributed by atoms with Crippen LogP contribution in [-0.4, -0.2) is 95.3 Å². The molecule has 0 aliphatic carbocycles. The van der Waals surface area contributed by atoms with E-state index in [1.807, 2.05) is 0 Å². The van der Waals surface area contributed by atoms with Gasteiger partial charge in [-0.2, -0.15) is 23.1 Å². The summed E-state index contributed by atoms with van der Waals surface area (Å²) in [6, 6.07) is 2.27. The van der Waals surface area contributed by atoms with Gasteiger partial charge in [0.15, 0.2) is 10.9 Å². The predicted molar refractivity (Wildman–Crippen MR) is 176 cm³/mol. The number of likely N-dealkylation sites (N-methyl/N-ethyl adjacent to an activating group) is 1. The Labute approximate surface area is 282 Å². The average molecular weight is 704 g/mol. The van der Waals surface area contributed by atoms with Crippen molar-refractivity contribution in [3.63, 3.8) is 0 Å². The molecule has 1 amide bonds. The van der Waals surface area contributed by atoms with E-state index in [1.54, 1.807) is 24.0 Å². The van der Waals surface area contributed by atoms with Gasteiger partial charge in [-0.1, -0.05) is 17.9 Å². The number of rotatable bonds is 8. The van der Waals surface area contributed by atoms with Crippen LogP contribution in [0, 0.1) is 11.6 Å². The lowest BCUT2D eigenvalue weighted by molar-refractivity contribution is -0.137. The van der Waals surface area contributed by atoms with Gasteiger partial charge < -0.3 is 25.0 Å².